The summed E-state index contributed by atoms with van der Waals surface area (Å²) in [4.78, 5) is 11.3. The molecule has 1 aromatic heterocycles. The average Bonchev–Trinajstić information content (AvgIpc) is 2.09. The van der Waals surface area contributed by atoms with E-state index in [0.717, 1.165) is 0 Å². The molecule has 0 aliphatic rings. The number of aryl methyl sites for hydroxylation is 1. The number of aromatic hydroxyl groups is 1. The summed E-state index contributed by atoms with van der Waals surface area (Å²) in [7, 11) is 0. The second kappa shape index (κ2) is 3.62. The van der Waals surface area contributed by atoms with Crippen LogP contribution in [0.5, 0.6) is 5.75 Å². The Hall–Kier alpha value is -1.29. The number of hydrogen-bond acceptors (Lipinski definition) is 4. The molecule has 0 amide bonds. The fraction of sp³-hybridized carbons (Fsp3) is 0.444. The summed E-state index contributed by atoms with van der Waals surface area (Å²) in [6, 6.07) is 0. The molecular formula is C9H12O4. The molecule has 1 rings (SSSR count). The number of hydrogen-bond donors (Lipinski definition) is 2. The first-order chi connectivity index (χ1) is 6.07. The van der Waals surface area contributed by atoms with Crippen molar-refractivity contribution >= 4 is 0 Å². The quantitative estimate of drug-likeness (QED) is 0.718. The predicted molar refractivity (Wildman–Crippen MR) is 46.7 cm³/mol. The lowest BCUT2D eigenvalue weighted by Crippen LogP contribution is -2.12. The summed E-state index contributed by atoms with van der Waals surface area (Å²) >= 11 is 0. The minimum absolute atomic E-state index is 0.0784. The van der Waals surface area contributed by atoms with Gasteiger partial charge in [-0.3, -0.25) is 4.79 Å². The summed E-state index contributed by atoms with van der Waals surface area (Å²) in [5, 5.41) is 18.4. The Morgan fingerprint density at radius 2 is 2.23 bits per heavy atom. The molecule has 1 aromatic rings. The van der Waals surface area contributed by atoms with E-state index in [2.05, 4.69) is 0 Å². The number of aliphatic hydroxyl groups excluding tert-OH is 1. The zero-order valence-corrected chi connectivity index (χ0v) is 7.57. The van der Waals surface area contributed by atoms with Crippen molar-refractivity contribution in [1.82, 2.24) is 0 Å². The van der Waals surface area contributed by atoms with Crippen molar-refractivity contribution in [3.05, 3.63) is 27.8 Å². The standard InChI is InChI=1S/C9H12O4/c1-3-7-9(12)8(11)6(4-13-7)5(2)10/h4-5,10,12H,3H2,1-2H3. The maximum atomic E-state index is 11.3. The van der Waals surface area contributed by atoms with Gasteiger partial charge in [0, 0.05) is 6.42 Å². The van der Waals surface area contributed by atoms with E-state index >= 15 is 0 Å². The second-order valence-corrected chi connectivity index (χ2v) is 2.82. The van der Waals surface area contributed by atoms with E-state index in [9.17, 15) is 9.90 Å². The Kier molecular flexibility index (Phi) is 2.72. The molecule has 13 heavy (non-hydrogen) atoms. The Balaban J connectivity index is 3.32. The van der Waals surface area contributed by atoms with Crippen LogP contribution in [0, 0.1) is 0 Å². The van der Waals surface area contributed by atoms with Gasteiger partial charge in [-0.15, -0.1) is 0 Å². The van der Waals surface area contributed by atoms with Crippen molar-refractivity contribution in [2.24, 2.45) is 0 Å². The van der Waals surface area contributed by atoms with Crippen LogP contribution in [0.15, 0.2) is 15.5 Å². The molecule has 0 aliphatic heterocycles. The van der Waals surface area contributed by atoms with Gasteiger partial charge < -0.3 is 14.6 Å². The van der Waals surface area contributed by atoms with Gasteiger partial charge in [-0.1, -0.05) is 6.92 Å². The Morgan fingerprint density at radius 3 is 2.69 bits per heavy atom. The second-order valence-electron chi connectivity index (χ2n) is 2.82. The molecule has 4 heteroatoms. The fourth-order valence-electron chi connectivity index (χ4n) is 1.05. The van der Waals surface area contributed by atoms with Crippen molar-refractivity contribution in [2.45, 2.75) is 26.4 Å². The lowest BCUT2D eigenvalue weighted by Gasteiger charge is -2.05. The van der Waals surface area contributed by atoms with Crippen LogP contribution in [0.25, 0.3) is 0 Å². The maximum Gasteiger partial charge on any atom is 0.232 e. The van der Waals surface area contributed by atoms with Gasteiger partial charge in [0.2, 0.25) is 11.2 Å². The molecule has 2 N–H and O–H groups in total. The molecule has 4 nitrogen and oxygen atoms in total. The molecule has 0 spiro atoms. The maximum absolute atomic E-state index is 11.3. The molecule has 72 valence electrons. The summed E-state index contributed by atoms with van der Waals surface area (Å²) in [6.45, 7) is 3.21. The first-order valence-corrected chi connectivity index (χ1v) is 4.09. The zero-order valence-electron chi connectivity index (χ0n) is 7.57. The van der Waals surface area contributed by atoms with Gasteiger partial charge in [-0.25, -0.2) is 0 Å². The van der Waals surface area contributed by atoms with E-state index in [1.165, 1.54) is 13.2 Å². The summed E-state index contributed by atoms with van der Waals surface area (Å²) < 4.78 is 4.97. The van der Waals surface area contributed by atoms with Crippen molar-refractivity contribution in [3.63, 3.8) is 0 Å². The molecule has 1 heterocycles. The van der Waals surface area contributed by atoms with Crippen LogP contribution in [0.1, 0.15) is 31.3 Å². The summed E-state index contributed by atoms with van der Waals surface area (Å²) in [5.74, 6) is -0.157. The van der Waals surface area contributed by atoms with Crippen LogP contribution in [0.3, 0.4) is 0 Å². The number of rotatable bonds is 2. The highest BCUT2D eigenvalue weighted by molar-refractivity contribution is 5.28. The third-order valence-electron chi connectivity index (χ3n) is 1.84. The minimum atomic E-state index is -0.923. The monoisotopic (exact) mass is 184 g/mol. The first kappa shape index (κ1) is 9.80. The van der Waals surface area contributed by atoms with Gasteiger partial charge in [-0.2, -0.15) is 0 Å². The number of aliphatic hydroxyl groups is 1. The van der Waals surface area contributed by atoms with E-state index in [1.807, 2.05) is 0 Å². The highest BCUT2D eigenvalue weighted by atomic mass is 16.4. The highest BCUT2D eigenvalue weighted by Gasteiger charge is 2.14. The predicted octanol–water partition coefficient (Wildman–Crippen LogP) is 0.961. The minimum Gasteiger partial charge on any atom is -0.502 e. The van der Waals surface area contributed by atoms with Crippen molar-refractivity contribution in [2.75, 3.05) is 0 Å². The zero-order chi connectivity index (χ0) is 10.0. The Morgan fingerprint density at radius 1 is 1.62 bits per heavy atom. The SMILES string of the molecule is CCc1occ(C(C)O)c(=O)c1O. The van der Waals surface area contributed by atoms with Gasteiger partial charge in [-0.05, 0) is 6.92 Å². The molecule has 0 radical (unpaired) electrons. The molecule has 1 unspecified atom stereocenters. The van der Waals surface area contributed by atoms with E-state index in [1.54, 1.807) is 6.92 Å². The normalized spacial score (nSPS) is 12.8. The lowest BCUT2D eigenvalue weighted by atomic mass is 10.1. The largest absolute Gasteiger partial charge is 0.502 e. The third kappa shape index (κ3) is 1.72. The third-order valence-corrected chi connectivity index (χ3v) is 1.84. The van der Waals surface area contributed by atoms with Gasteiger partial charge in [0.1, 0.15) is 12.0 Å². The smallest absolute Gasteiger partial charge is 0.232 e. The van der Waals surface area contributed by atoms with Crippen LogP contribution in [-0.2, 0) is 6.42 Å². The van der Waals surface area contributed by atoms with Crippen LogP contribution >= 0.6 is 0 Å². The molecule has 0 aliphatic carbocycles. The van der Waals surface area contributed by atoms with E-state index in [4.69, 9.17) is 9.52 Å². The van der Waals surface area contributed by atoms with Gasteiger partial charge >= 0.3 is 0 Å². The van der Waals surface area contributed by atoms with Crippen molar-refractivity contribution in [3.8, 4) is 5.75 Å². The van der Waals surface area contributed by atoms with Crippen molar-refractivity contribution in [1.29, 1.82) is 0 Å². The summed E-state index contributed by atoms with van der Waals surface area (Å²) in [5.41, 5.74) is -0.479. The van der Waals surface area contributed by atoms with Gasteiger partial charge in [0.25, 0.3) is 0 Å². The van der Waals surface area contributed by atoms with E-state index in [-0.39, 0.29) is 11.3 Å². The molecule has 1 atom stereocenters. The highest BCUT2D eigenvalue weighted by Crippen LogP contribution is 2.16. The van der Waals surface area contributed by atoms with Gasteiger partial charge in [0.15, 0.2) is 0 Å². The molecule has 0 aromatic carbocycles. The molecular weight excluding hydrogens is 172 g/mol. The fourth-order valence-corrected chi connectivity index (χ4v) is 1.05. The van der Waals surface area contributed by atoms with Crippen molar-refractivity contribution < 1.29 is 14.6 Å². The lowest BCUT2D eigenvalue weighted by molar-refractivity contribution is 0.193. The average molecular weight is 184 g/mol. The molecule has 0 fully saturated rings. The van der Waals surface area contributed by atoms with E-state index < -0.39 is 17.3 Å². The Bertz CT molecular complexity index is 351. The van der Waals surface area contributed by atoms with Crippen LogP contribution < -0.4 is 5.43 Å². The Labute approximate surface area is 75.4 Å². The molecule has 0 saturated carbocycles. The molecule has 0 bridgehead atoms. The topological polar surface area (TPSA) is 70.7 Å². The van der Waals surface area contributed by atoms with Gasteiger partial charge in [0.05, 0.1) is 11.7 Å². The first-order valence-electron chi connectivity index (χ1n) is 4.09. The van der Waals surface area contributed by atoms with Crippen LogP contribution in [0.2, 0.25) is 0 Å². The molecule has 0 saturated heterocycles. The summed E-state index contributed by atoms with van der Waals surface area (Å²) in [6.07, 6.45) is 0.709. The van der Waals surface area contributed by atoms with Crippen LogP contribution in [0.4, 0.5) is 0 Å². The van der Waals surface area contributed by atoms with E-state index in [0.29, 0.717) is 6.42 Å². The van der Waals surface area contributed by atoms with Crippen LogP contribution in [-0.4, -0.2) is 10.2 Å².